The molecule has 0 aliphatic heterocycles. The van der Waals surface area contributed by atoms with E-state index in [0.29, 0.717) is 10.8 Å². The highest BCUT2D eigenvalue weighted by molar-refractivity contribution is 6.30. The van der Waals surface area contributed by atoms with Crippen LogP contribution < -0.4 is 10.1 Å². The highest BCUT2D eigenvalue weighted by Gasteiger charge is 2.17. The van der Waals surface area contributed by atoms with Crippen LogP contribution in [-0.2, 0) is 4.79 Å². The van der Waals surface area contributed by atoms with Gasteiger partial charge in [0.25, 0.3) is 5.91 Å². The number of amides is 1. The van der Waals surface area contributed by atoms with Crippen molar-refractivity contribution in [3.05, 3.63) is 64.9 Å². The first kappa shape index (κ1) is 16.3. The van der Waals surface area contributed by atoms with Crippen molar-refractivity contribution in [3.8, 4) is 5.75 Å². The fourth-order valence-electron chi connectivity index (χ4n) is 1.94. The van der Waals surface area contributed by atoms with Crippen LogP contribution in [0.3, 0.4) is 0 Å². The molecule has 1 N–H and O–H groups in total. The molecule has 0 radical (unpaired) electrons. The van der Waals surface area contributed by atoms with E-state index in [1.807, 2.05) is 6.92 Å². The average Bonchev–Trinajstić information content (AvgIpc) is 2.50. The molecule has 5 heteroatoms. The largest absolute Gasteiger partial charge is 0.481 e. The van der Waals surface area contributed by atoms with Crippen molar-refractivity contribution in [3.63, 3.8) is 0 Å². The first-order valence-electron chi connectivity index (χ1n) is 6.94. The molecule has 0 spiro atoms. The van der Waals surface area contributed by atoms with Crippen LogP contribution in [0.4, 0.5) is 4.39 Å². The highest BCUT2D eigenvalue weighted by atomic mass is 35.5. The second-order valence-electron chi connectivity index (χ2n) is 5.00. The van der Waals surface area contributed by atoms with Gasteiger partial charge in [-0.1, -0.05) is 23.7 Å². The summed E-state index contributed by atoms with van der Waals surface area (Å²) < 4.78 is 18.5. The Hall–Kier alpha value is -2.07. The van der Waals surface area contributed by atoms with Gasteiger partial charge in [-0.15, -0.1) is 0 Å². The molecule has 22 heavy (non-hydrogen) atoms. The van der Waals surface area contributed by atoms with Crippen molar-refractivity contribution >= 4 is 17.5 Å². The van der Waals surface area contributed by atoms with Gasteiger partial charge in [0.15, 0.2) is 6.10 Å². The fraction of sp³-hybridized carbons (Fsp3) is 0.235. The Kier molecular flexibility index (Phi) is 5.39. The van der Waals surface area contributed by atoms with Crippen LogP contribution in [0.5, 0.6) is 5.75 Å². The number of hydrogen-bond donors (Lipinski definition) is 1. The van der Waals surface area contributed by atoms with Gasteiger partial charge in [-0.05, 0) is 55.8 Å². The molecule has 0 aliphatic carbocycles. The quantitative estimate of drug-likeness (QED) is 0.899. The third-order valence-corrected chi connectivity index (χ3v) is 3.48. The molecule has 0 bridgehead atoms. The molecular formula is C17H17ClFNO2. The monoisotopic (exact) mass is 321 g/mol. The molecule has 2 rings (SSSR count). The van der Waals surface area contributed by atoms with Crippen LogP contribution >= 0.6 is 11.6 Å². The Bertz CT molecular complexity index is 628. The van der Waals surface area contributed by atoms with E-state index in [2.05, 4.69) is 5.32 Å². The zero-order valence-electron chi connectivity index (χ0n) is 12.3. The number of benzene rings is 2. The smallest absolute Gasteiger partial charge is 0.261 e. The lowest BCUT2D eigenvalue weighted by molar-refractivity contribution is -0.127. The summed E-state index contributed by atoms with van der Waals surface area (Å²) in [5.41, 5.74) is 0.827. The minimum absolute atomic E-state index is 0.232. The lowest BCUT2D eigenvalue weighted by atomic mass is 10.1. The summed E-state index contributed by atoms with van der Waals surface area (Å²) in [6, 6.07) is 12.6. The van der Waals surface area contributed by atoms with E-state index in [1.54, 1.807) is 43.3 Å². The molecule has 116 valence electrons. The van der Waals surface area contributed by atoms with Gasteiger partial charge in [0.1, 0.15) is 11.6 Å². The Morgan fingerprint density at radius 3 is 2.27 bits per heavy atom. The highest BCUT2D eigenvalue weighted by Crippen LogP contribution is 2.17. The van der Waals surface area contributed by atoms with Crippen LogP contribution in [0, 0.1) is 5.82 Å². The van der Waals surface area contributed by atoms with Gasteiger partial charge in [-0.3, -0.25) is 4.79 Å². The standard InChI is InChI=1S/C17H17ClFNO2/c1-11(13-3-7-15(19)8-4-13)20-17(21)12(2)22-16-9-5-14(18)6-10-16/h3-12H,1-2H3,(H,20,21)/t11-,12-/m0/s1. The molecule has 0 heterocycles. The second kappa shape index (κ2) is 7.27. The minimum Gasteiger partial charge on any atom is -0.481 e. The Morgan fingerprint density at radius 1 is 1.09 bits per heavy atom. The van der Waals surface area contributed by atoms with Gasteiger partial charge < -0.3 is 10.1 Å². The molecule has 0 aliphatic rings. The summed E-state index contributed by atoms with van der Waals surface area (Å²) in [6.07, 6.45) is -0.649. The van der Waals surface area contributed by atoms with Gasteiger partial charge in [-0.2, -0.15) is 0 Å². The number of carbonyl (C=O) groups is 1. The molecule has 2 aromatic rings. The van der Waals surface area contributed by atoms with Crippen molar-refractivity contribution in [1.82, 2.24) is 5.32 Å². The molecule has 0 saturated carbocycles. The van der Waals surface area contributed by atoms with Crippen molar-refractivity contribution in [2.24, 2.45) is 0 Å². The van der Waals surface area contributed by atoms with Crippen LogP contribution in [0.25, 0.3) is 0 Å². The van der Waals surface area contributed by atoms with Crippen molar-refractivity contribution in [2.45, 2.75) is 26.0 Å². The summed E-state index contributed by atoms with van der Waals surface area (Å²) in [6.45, 7) is 3.50. The zero-order valence-corrected chi connectivity index (χ0v) is 13.1. The van der Waals surface area contributed by atoms with E-state index in [-0.39, 0.29) is 17.8 Å². The van der Waals surface area contributed by atoms with E-state index in [9.17, 15) is 9.18 Å². The summed E-state index contributed by atoms with van der Waals surface area (Å²) in [5, 5.41) is 3.44. The lowest BCUT2D eigenvalue weighted by Crippen LogP contribution is -2.37. The SMILES string of the molecule is C[C@H](Oc1ccc(Cl)cc1)C(=O)N[C@@H](C)c1ccc(F)cc1. The maximum atomic E-state index is 12.9. The maximum absolute atomic E-state index is 12.9. The van der Waals surface area contributed by atoms with E-state index in [4.69, 9.17) is 16.3 Å². The summed E-state index contributed by atoms with van der Waals surface area (Å²) >= 11 is 5.80. The third-order valence-electron chi connectivity index (χ3n) is 3.22. The molecule has 0 unspecified atom stereocenters. The molecule has 1 amide bonds. The van der Waals surface area contributed by atoms with Gasteiger partial charge in [0.2, 0.25) is 0 Å². The molecule has 0 aromatic heterocycles. The first-order chi connectivity index (χ1) is 10.5. The molecule has 2 aromatic carbocycles. The first-order valence-corrected chi connectivity index (χ1v) is 7.31. The van der Waals surface area contributed by atoms with Crippen molar-refractivity contribution in [1.29, 1.82) is 0 Å². The minimum atomic E-state index is -0.649. The zero-order chi connectivity index (χ0) is 16.1. The van der Waals surface area contributed by atoms with E-state index < -0.39 is 6.10 Å². The Labute approximate surface area is 134 Å². The van der Waals surface area contributed by atoms with E-state index in [1.165, 1.54) is 12.1 Å². The van der Waals surface area contributed by atoms with Crippen molar-refractivity contribution < 1.29 is 13.9 Å². The number of rotatable bonds is 5. The second-order valence-corrected chi connectivity index (χ2v) is 5.43. The Balaban J connectivity index is 1.93. The number of halogens is 2. The molecule has 2 atom stereocenters. The summed E-state index contributed by atoms with van der Waals surface area (Å²) in [7, 11) is 0. The fourth-order valence-corrected chi connectivity index (χ4v) is 2.06. The maximum Gasteiger partial charge on any atom is 0.261 e. The Morgan fingerprint density at radius 2 is 1.68 bits per heavy atom. The van der Waals surface area contributed by atoms with Gasteiger partial charge in [-0.25, -0.2) is 4.39 Å². The van der Waals surface area contributed by atoms with Crippen LogP contribution in [-0.4, -0.2) is 12.0 Å². The van der Waals surface area contributed by atoms with Crippen LogP contribution in [0.15, 0.2) is 48.5 Å². The molecular weight excluding hydrogens is 305 g/mol. The molecule has 0 fully saturated rings. The number of nitrogens with one attached hydrogen (secondary N) is 1. The van der Waals surface area contributed by atoms with E-state index in [0.717, 1.165) is 5.56 Å². The van der Waals surface area contributed by atoms with Gasteiger partial charge >= 0.3 is 0 Å². The van der Waals surface area contributed by atoms with Crippen LogP contribution in [0.1, 0.15) is 25.5 Å². The normalized spacial score (nSPS) is 13.3. The van der Waals surface area contributed by atoms with Gasteiger partial charge in [0, 0.05) is 5.02 Å². The van der Waals surface area contributed by atoms with E-state index >= 15 is 0 Å². The lowest BCUT2D eigenvalue weighted by Gasteiger charge is -2.19. The average molecular weight is 322 g/mol. The van der Waals surface area contributed by atoms with Crippen LogP contribution in [0.2, 0.25) is 5.02 Å². The number of ether oxygens (including phenoxy) is 1. The topological polar surface area (TPSA) is 38.3 Å². The third kappa shape index (κ3) is 4.46. The number of carbonyl (C=O) groups excluding carboxylic acids is 1. The molecule has 3 nitrogen and oxygen atoms in total. The number of hydrogen-bond acceptors (Lipinski definition) is 2. The van der Waals surface area contributed by atoms with Crippen molar-refractivity contribution in [2.75, 3.05) is 0 Å². The predicted octanol–water partition coefficient (Wildman–Crippen LogP) is 4.12. The predicted molar refractivity (Wildman–Crippen MR) is 84.5 cm³/mol. The summed E-state index contributed by atoms with van der Waals surface area (Å²) in [5.74, 6) is 0.0231. The molecule has 0 saturated heterocycles. The van der Waals surface area contributed by atoms with Gasteiger partial charge in [0.05, 0.1) is 6.04 Å². The summed E-state index contributed by atoms with van der Waals surface area (Å²) in [4.78, 5) is 12.1.